The Morgan fingerprint density at radius 2 is 1.94 bits per heavy atom. The number of rotatable bonds is 3. The summed E-state index contributed by atoms with van der Waals surface area (Å²) in [6.07, 6.45) is 5.38. The van der Waals surface area contributed by atoms with Gasteiger partial charge in [0.15, 0.2) is 0 Å². The molecule has 3 nitrogen and oxygen atoms in total. The zero-order valence-electron chi connectivity index (χ0n) is 10.7. The average Bonchev–Trinajstić information content (AvgIpc) is 2.83. The lowest BCUT2D eigenvalue weighted by molar-refractivity contribution is -0.128. The molecule has 2 unspecified atom stereocenters. The number of primary amides is 1. The predicted molar refractivity (Wildman–Crippen MR) is 64.9 cm³/mol. The highest BCUT2D eigenvalue weighted by Gasteiger charge is 2.48. The Balaban J connectivity index is 2.19. The van der Waals surface area contributed by atoms with E-state index < -0.39 is 5.54 Å². The molecule has 2 rings (SSSR count). The minimum atomic E-state index is -0.442. The topological polar surface area (TPSA) is 55.1 Å². The van der Waals surface area contributed by atoms with Crippen LogP contribution >= 0.6 is 0 Å². The second-order valence-corrected chi connectivity index (χ2v) is 6.72. The number of carbonyl (C=O) groups is 1. The maximum atomic E-state index is 11.8. The molecule has 1 amide bonds. The summed E-state index contributed by atoms with van der Waals surface area (Å²) in [6, 6.07) is 0.536. The molecule has 3 heteroatoms. The first-order chi connectivity index (χ1) is 7.33. The highest BCUT2D eigenvalue weighted by Crippen LogP contribution is 2.44. The molecule has 0 aromatic carbocycles. The van der Waals surface area contributed by atoms with Gasteiger partial charge in [0.25, 0.3) is 0 Å². The van der Waals surface area contributed by atoms with Crippen molar-refractivity contribution in [3.05, 3.63) is 0 Å². The normalized spacial score (nSPS) is 38.3. The van der Waals surface area contributed by atoms with Gasteiger partial charge in [0.05, 0.1) is 5.54 Å². The molecule has 3 N–H and O–H groups in total. The van der Waals surface area contributed by atoms with E-state index in [4.69, 9.17) is 5.73 Å². The monoisotopic (exact) mass is 224 g/mol. The lowest BCUT2D eigenvalue weighted by Gasteiger charge is -2.46. The Morgan fingerprint density at radius 1 is 1.31 bits per heavy atom. The third-order valence-corrected chi connectivity index (χ3v) is 3.91. The third kappa shape index (κ3) is 2.40. The Bertz CT molecular complexity index is 292. The van der Waals surface area contributed by atoms with E-state index in [0.29, 0.717) is 12.0 Å². The Hall–Kier alpha value is -0.570. The molecule has 2 atom stereocenters. The molecular weight excluding hydrogens is 200 g/mol. The lowest BCUT2D eigenvalue weighted by atomic mass is 9.64. The first-order valence-corrected chi connectivity index (χ1v) is 6.41. The summed E-state index contributed by atoms with van der Waals surface area (Å²) in [5, 5.41) is 3.52. The fourth-order valence-corrected chi connectivity index (χ4v) is 3.56. The fourth-order valence-electron chi connectivity index (χ4n) is 3.56. The van der Waals surface area contributed by atoms with Gasteiger partial charge in [0.2, 0.25) is 5.91 Å². The Kier molecular flexibility index (Phi) is 2.77. The molecule has 0 heterocycles. The van der Waals surface area contributed by atoms with Crippen molar-refractivity contribution in [3.63, 3.8) is 0 Å². The van der Waals surface area contributed by atoms with Gasteiger partial charge in [-0.05, 0) is 43.4 Å². The number of hydrogen-bond acceptors (Lipinski definition) is 2. The van der Waals surface area contributed by atoms with E-state index in [1.807, 2.05) is 0 Å². The van der Waals surface area contributed by atoms with Crippen LogP contribution in [0.15, 0.2) is 0 Å². The van der Waals surface area contributed by atoms with Crippen LogP contribution in [-0.4, -0.2) is 17.5 Å². The first kappa shape index (κ1) is 11.9. The van der Waals surface area contributed by atoms with Crippen molar-refractivity contribution >= 4 is 5.91 Å². The largest absolute Gasteiger partial charge is 0.368 e. The van der Waals surface area contributed by atoms with Gasteiger partial charge in [-0.1, -0.05) is 20.8 Å². The van der Waals surface area contributed by atoms with E-state index in [1.54, 1.807) is 0 Å². The van der Waals surface area contributed by atoms with Crippen LogP contribution in [0.2, 0.25) is 0 Å². The van der Waals surface area contributed by atoms with Crippen molar-refractivity contribution < 1.29 is 4.79 Å². The molecule has 16 heavy (non-hydrogen) atoms. The van der Waals surface area contributed by atoms with E-state index >= 15 is 0 Å². The molecule has 92 valence electrons. The summed E-state index contributed by atoms with van der Waals surface area (Å²) in [4.78, 5) is 11.8. The fraction of sp³-hybridized carbons (Fsp3) is 0.923. The highest BCUT2D eigenvalue weighted by molar-refractivity contribution is 5.85. The molecular formula is C13H24N2O. The van der Waals surface area contributed by atoms with Gasteiger partial charge in [-0.25, -0.2) is 0 Å². The molecule has 0 saturated heterocycles. The second-order valence-electron chi connectivity index (χ2n) is 6.72. The van der Waals surface area contributed by atoms with Crippen LogP contribution in [0.4, 0.5) is 0 Å². The molecule has 0 radical (unpaired) electrons. The summed E-state index contributed by atoms with van der Waals surface area (Å²) in [5.41, 5.74) is 5.43. The molecule has 2 aliphatic carbocycles. The molecule has 2 aliphatic rings. The van der Waals surface area contributed by atoms with Gasteiger partial charge in [0, 0.05) is 6.04 Å². The van der Waals surface area contributed by atoms with Gasteiger partial charge in [-0.3, -0.25) is 4.79 Å². The molecule has 0 spiro atoms. The van der Waals surface area contributed by atoms with Crippen molar-refractivity contribution in [1.29, 1.82) is 0 Å². The van der Waals surface area contributed by atoms with E-state index in [9.17, 15) is 4.79 Å². The molecule has 0 bridgehead atoms. The van der Waals surface area contributed by atoms with Crippen LogP contribution in [0.5, 0.6) is 0 Å². The van der Waals surface area contributed by atoms with Crippen LogP contribution in [0.25, 0.3) is 0 Å². The highest BCUT2D eigenvalue weighted by atomic mass is 16.1. The van der Waals surface area contributed by atoms with Crippen LogP contribution < -0.4 is 11.1 Å². The minimum absolute atomic E-state index is 0.154. The van der Waals surface area contributed by atoms with E-state index in [2.05, 4.69) is 26.1 Å². The van der Waals surface area contributed by atoms with E-state index in [0.717, 1.165) is 12.8 Å². The van der Waals surface area contributed by atoms with Crippen LogP contribution in [0.1, 0.15) is 52.9 Å². The summed E-state index contributed by atoms with van der Waals surface area (Å²) in [7, 11) is 0. The number of hydrogen-bond donors (Lipinski definition) is 2. The van der Waals surface area contributed by atoms with Gasteiger partial charge < -0.3 is 11.1 Å². The maximum Gasteiger partial charge on any atom is 0.237 e. The predicted octanol–water partition coefficient (Wildman–Crippen LogP) is 1.81. The first-order valence-electron chi connectivity index (χ1n) is 6.41. The lowest BCUT2D eigenvalue weighted by Crippen LogP contribution is -2.61. The summed E-state index contributed by atoms with van der Waals surface area (Å²) in [5.74, 6) is 0.418. The van der Waals surface area contributed by atoms with Crippen molar-refractivity contribution in [2.24, 2.45) is 17.1 Å². The number of carbonyl (C=O) groups excluding carboxylic acids is 1. The van der Waals surface area contributed by atoms with Gasteiger partial charge >= 0.3 is 0 Å². The average molecular weight is 224 g/mol. The van der Waals surface area contributed by atoms with Crippen molar-refractivity contribution in [3.8, 4) is 0 Å². The second kappa shape index (κ2) is 3.73. The number of amides is 1. The Labute approximate surface area is 98.2 Å². The smallest absolute Gasteiger partial charge is 0.237 e. The summed E-state index contributed by atoms with van der Waals surface area (Å²) >= 11 is 0. The van der Waals surface area contributed by atoms with Gasteiger partial charge in [-0.15, -0.1) is 0 Å². The zero-order valence-corrected chi connectivity index (χ0v) is 10.7. The minimum Gasteiger partial charge on any atom is -0.368 e. The van der Waals surface area contributed by atoms with E-state index in [1.165, 1.54) is 19.3 Å². The maximum absolute atomic E-state index is 11.8. The van der Waals surface area contributed by atoms with Crippen LogP contribution in [0, 0.1) is 11.3 Å². The van der Waals surface area contributed by atoms with Crippen molar-refractivity contribution in [2.45, 2.75) is 64.5 Å². The van der Waals surface area contributed by atoms with Crippen molar-refractivity contribution in [1.82, 2.24) is 5.32 Å². The number of nitrogens with one attached hydrogen (secondary N) is 1. The molecule has 0 aromatic heterocycles. The summed E-state index contributed by atoms with van der Waals surface area (Å²) < 4.78 is 0. The summed E-state index contributed by atoms with van der Waals surface area (Å²) in [6.45, 7) is 6.72. The zero-order chi connectivity index (χ0) is 12.0. The van der Waals surface area contributed by atoms with E-state index in [-0.39, 0.29) is 11.3 Å². The SMILES string of the molecule is CC1CC(C)(C)CC(NC2CC2)(C(N)=O)C1. The van der Waals surface area contributed by atoms with Crippen molar-refractivity contribution in [2.75, 3.05) is 0 Å². The van der Waals surface area contributed by atoms with Crippen LogP contribution in [0.3, 0.4) is 0 Å². The van der Waals surface area contributed by atoms with Crippen LogP contribution in [-0.2, 0) is 4.79 Å². The molecule has 0 aromatic rings. The molecule has 0 aliphatic heterocycles. The van der Waals surface area contributed by atoms with Gasteiger partial charge in [-0.2, -0.15) is 0 Å². The quantitative estimate of drug-likeness (QED) is 0.768. The standard InChI is InChI=1S/C13H24N2O/c1-9-6-12(2,3)8-13(7-9,11(14)16)15-10-4-5-10/h9-10,15H,4-8H2,1-3H3,(H2,14,16). The number of nitrogens with two attached hydrogens (primary N) is 1. The Morgan fingerprint density at radius 3 is 2.38 bits per heavy atom. The molecule has 2 fully saturated rings. The molecule has 2 saturated carbocycles. The van der Waals surface area contributed by atoms with Gasteiger partial charge in [0.1, 0.15) is 0 Å². The third-order valence-electron chi connectivity index (χ3n) is 3.91.